The van der Waals surface area contributed by atoms with Gasteiger partial charge in [0.15, 0.2) is 11.5 Å². The van der Waals surface area contributed by atoms with Crippen molar-refractivity contribution < 1.29 is 19.5 Å². The maximum Gasteiger partial charge on any atom is 0.296 e. The quantitative estimate of drug-likeness (QED) is 0.595. The minimum Gasteiger partial charge on any atom is -0.493 e. The van der Waals surface area contributed by atoms with Crippen molar-refractivity contribution in [2.24, 2.45) is 0 Å². The van der Waals surface area contributed by atoms with Crippen molar-refractivity contribution in [1.29, 1.82) is 0 Å². The fraction of sp³-hybridized carbons (Fsp3) is 0.267. The van der Waals surface area contributed by atoms with Crippen molar-refractivity contribution in [3.8, 4) is 11.5 Å². The first-order valence-corrected chi connectivity index (χ1v) is 6.79. The van der Waals surface area contributed by atoms with Gasteiger partial charge in [-0.1, -0.05) is 0 Å². The Hall–Kier alpha value is -2.87. The van der Waals surface area contributed by atoms with Crippen LogP contribution in [0.4, 0.5) is 11.4 Å². The number of anilines is 1. The van der Waals surface area contributed by atoms with Crippen LogP contribution in [0.15, 0.2) is 36.7 Å². The number of benzene rings is 1. The molecule has 0 aliphatic heterocycles. The summed E-state index contributed by atoms with van der Waals surface area (Å²) in [5, 5.41) is 24.2. The zero-order chi connectivity index (χ0) is 16.8. The minimum absolute atomic E-state index is 0.0976. The van der Waals surface area contributed by atoms with Crippen LogP contribution in [0.1, 0.15) is 11.7 Å². The number of nitro benzene ring substituents is 1. The number of aliphatic hydroxyl groups excluding tert-OH is 1. The van der Waals surface area contributed by atoms with Crippen LogP contribution in [0.2, 0.25) is 0 Å². The summed E-state index contributed by atoms with van der Waals surface area (Å²) in [7, 11) is 2.85. The summed E-state index contributed by atoms with van der Waals surface area (Å²) < 4.78 is 10.2. The number of hydrogen-bond donors (Lipinski definition) is 2. The molecular weight excluding hydrogens is 302 g/mol. The lowest BCUT2D eigenvalue weighted by molar-refractivity contribution is -0.384. The van der Waals surface area contributed by atoms with Crippen molar-refractivity contribution in [1.82, 2.24) is 4.98 Å². The molecule has 1 atom stereocenters. The molecule has 1 unspecified atom stereocenters. The molecule has 0 fully saturated rings. The molecule has 0 aliphatic carbocycles. The molecule has 0 bridgehead atoms. The van der Waals surface area contributed by atoms with Gasteiger partial charge in [-0.25, -0.2) is 0 Å². The van der Waals surface area contributed by atoms with Gasteiger partial charge in [0.1, 0.15) is 5.69 Å². The Morgan fingerprint density at radius 2 is 1.87 bits per heavy atom. The van der Waals surface area contributed by atoms with Gasteiger partial charge in [0, 0.05) is 25.0 Å². The lowest BCUT2D eigenvalue weighted by Gasteiger charge is -2.15. The fourth-order valence-electron chi connectivity index (χ4n) is 2.07. The molecule has 1 heterocycles. The zero-order valence-corrected chi connectivity index (χ0v) is 12.7. The molecule has 2 rings (SSSR count). The lowest BCUT2D eigenvalue weighted by atomic mass is 10.1. The van der Waals surface area contributed by atoms with Crippen LogP contribution in [-0.4, -0.2) is 35.8 Å². The average molecular weight is 319 g/mol. The Morgan fingerprint density at radius 1 is 1.26 bits per heavy atom. The topological polar surface area (TPSA) is 107 Å². The average Bonchev–Trinajstić information content (AvgIpc) is 2.59. The highest BCUT2D eigenvalue weighted by Gasteiger charge is 2.20. The van der Waals surface area contributed by atoms with Crippen molar-refractivity contribution >= 4 is 11.4 Å². The van der Waals surface area contributed by atoms with E-state index in [-0.39, 0.29) is 23.7 Å². The number of nitrogens with zero attached hydrogens (tertiary/aromatic N) is 2. The number of ether oxygens (including phenoxy) is 2. The van der Waals surface area contributed by atoms with E-state index in [4.69, 9.17) is 9.47 Å². The summed E-state index contributed by atoms with van der Waals surface area (Å²) in [6.07, 6.45) is 2.31. The third-order valence-electron chi connectivity index (χ3n) is 3.28. The Balaban J connectivity index is 2.22. The Kier molecular flexibility index (Phi) is 5.32. The first-order chi connectivity index (χ1) is 11.1. The number of aliphatic hydroxyl groups is 1. The third kappa shape index (κ3) is 3.86. The molecule has 1 aromatic heterocycles. The number of hydrogen-bond acceptors (Lipinski definition) is 7. The van der Waals surface area contributed by atoms with Crippen molar-refractivity contribution in [3.05, 3.63) is 52.3 Å². The summed E-state index contributed by atoms with van der Waals surface area (Å²) in [5.41, 5.74) is 0.737. The zero-order valence-electron chi connectivity index (χ0n) is 12.7. The summed E-state index contributed by atoms with van der Waals surface area (Å²) in [5.74, 6) is 0.624. The van der Waals surface area contributed by atoms with Gasteiger partial charge in [0.05, 0.1) is 31.3 Å². The van der Waals surface area contributed by atoms with E-state index in [1.54, 1.807) is 24.5 Å². The van der Waals surface area contributed by atoms with Gasteiger partial charge in [-0.3, -0.25) is 15.1 Å². The first-order valence-electron chi connectivity index (χ1n) is 6.79. The summed E-state index contributed by atoms with van der Waals surface area (Å²) in [4.78, 5) is 14.6. The smallest absolute Gasteiger partial charge is 0.296 e. The Bertz CT molecular complexity index is 678. The van der Waals surface area contributed by atoms with Gasteiger partial charge in [0.2, 0.25) is 0 Å². The van der Waals surface area contributed by atoms with Crippen LogP contribution in [0, 0.1) is 10.1 Å². The second kappa shape index (κ2) is 7.41. The number of nitro groups is 1. The van der Waals surface area contributed by atoms with Crippen molar-refractivity contribution in [3.63, 3.8) is 0 Å². The maximum atomic E-state index is 11.2. The van der Waals surface area contributed by atoms with Gasteiger partial charge in [-0.05, 0) is 17.7 Å². The number of rotatable bonds is 7. The number of methoxy groups -OCH3 is 2. The highest BCUT2D eigenvalue weighted by molar-refractivity contribution is 5.68. The van der Waals surface area contributed by atoms with E-state index in [0.29, 0.717) is 11.3 Å². The van der Waals surface area contributed by atoms with Crippen LogP contribution >= 0.6 is 0 Å². The van der Waals surface area contributed by atoms with Crippen LogP contribution in [-0.2, 0) is 0 Å². The molecule has 0 radical (unpaired) electrons. The van der Waals surface area contributed by atoms with E-state index in [0.717, 1.165) is 0 Å². The largest absolute Gasteiger partial charge is 0.493 e. The number of aromatic nitrogens is 1. The minimum atomic E-state index is -0.828. The maximum absolute atomic E-state index is 11.2. The fourth-order valence-corrected chi connectivity index (χ4v) is 2.07. The van der Waals surface area contributed by atoms with Gasteiger partial charge >= 0.3 is 0 Å². The predicted molar refractivity (Wildman–Crippen MR) is 83.9 cm³/mol. The predicted octanol–water partition coefficient (Wildman–Crippen LogP) is 2.15. The van der Waals surface area contributed by atoms with Gasteiger partial charge < -0.3 is 19.9 Å². The third-order valence-corrected chi connectivity index (χ3v) is 3.28. The number of pyridine rings is 1. The standard InChI is InChI=1S/C15H17N3O5/c1-22-14-7-11(12(18(20)21)8-15(14)23-2)17-9-13(19)10-3-5-16-6-4-10/h3-8,13,17,19H,9H2,1-2H3. The lowest BCUT2D eigenvalue weighted by Crippen LogP contribution is -2.13. The molecule has 8 nitrogen and oxygen atoms in total. The number of nitrogens with one attached hydrogen (secondary N) is 1. The van der Waals surface area contributed by atoms with E-state index >= 15 is 0 Å². The molecule has 2 N–H and O–H groups in total. The Labute approximate surface area is 132 Å². The van der Waals surface area contributed by atoms with Gasteiger partial charge in [0.25, 0.3) is 5.69 Å². The second-order valence-corrected chi connectivity index (χ2v) is 4.66. The summed E-state index contributed by atoms with van der Waals surface area (Å²) >= 11 is 0. The Morgan fingerprint density at radius 3 is 2.43 bits per heavy atom. The summed E-state index contributed by atoms with van der Waals surface area (Å²) in [6.45, 7) is 0.0976. The highest BCUT2D eigenvalue weighted by Crippen LogP contribution is 2.37. The van der Waals surface area contributed by atoms with Crippen LogP contribution in [0.3, 0.4) is 0 Å². The van der Waals surface area contributed by atoms with E-state index in [1.807, 2.05) is 0 Å². The molecule has 0 aliphatic rings. The van der Waals surface area contributed by atoms with E-state index in [9.17, 15) is 15.2 Å². The molecule has 0 saturated carbocycles. The molecule has 0 spiro atoms. The van der Waals surface area contributed by atoms with Crippen LogP contribution < -0.4 is 14.8 Å². The normalized spacial score (nSPS) is 11.6. The van der Waals surface area contributed by atoms with E-state index in [2.05, 4.69) is 10.3 Å². The molecule has 1 aromatic carbocycles. The van der Waals surface area contributed by atoms with Crippen LogP contribution in [0.5, 0.6) is 11.5 Å². The highest BCUT2D eigenvalue weighted by atomic mass is 16.6. The first kappa shape index (κ1) is 16.5. The SMILES string of the molecule is COc1cc(NCC(O)c2ccncc2)c([N+](=O)[O-])cc1OC. The van der Waals surface area contributed by atoms with Gasteiger partial charge in [-0.2, -0.15) is 0 Å². The van der Waals surface area contributed by atoms with E-state index < -0.39 is 11.0 Å². The molecule has 122 valence electrons. The molecule has 0 saturated heterocycles. The van der Waals surface area contributed by atoms with E-state index in [1.165, 1.54) is 26.4 Å². The second-order valence-electron chi connectivity index (χ2n) is 4.66. The van der Waals surface area contributed by atoms with Crippen molar-refractivity contribution in [2.75, 3.05) is 26.1 Å². The molecule has 2 aromatic rings. The molecular formula is C15H17N3O5. The van der Waals surface area contributed by atoms with Crippen molar-refractivity contribution in [2.45, 2.75) is 6.10 Å². The molecule has 8 heteroatoms. The molecule has 23 heavy (non-hydrogen) atoms. The monoisotopic (exact) mass is 319 g/mol. The molecule has 0 amide bonds. The van der Waals surface area contributed by atoms with Crippen LogP contribution in [0.25, 0.3) is 0 Å². The summed E-state index contributed by atoms with van der Waals surface area (Å²) in [6, 6.07) is 6.10. The van der Waals surface area contributed by atoms with Gasteiger partial charge in [-0.15, -0.1) is 0 Å².